The predicted molar refractivity (Wildman–Crippen MR) is 65.7 cm³/mol. The normalized spacial score (nSPS) is 10.5. The van der Waals surface area contributed by atoms with E-state index < -0.39 is 5.82 Å². The predicted octanol–water partition coefficient (Wildman–Crippen LogP) is 2.06. The molecule has 0 bridgehead atoms. The molecule has 0 saturated heterocycles. The molecule has 0 aliphatic carbocycles. The minimum atomic E-state index is -0.633. The number of aromatic nitrogens is 2. The number of nitrogens with zero attached hydrogens (tertiary/aromatic N) is 2. The van der Waals surface area contributed by atoms with Gasteiger partial charge in [0.25, 0.3) is 0 Å². The molecular weight excluding hydrogens is 219 g/mol. The molecule has 0 unspecified atom stereocenters. The number of nitrogen functional groups attached to an aromatic ring is 2. The average Bonchev–Trinajstić information content (AvgIpc) is 2.24. The van der Waals surface area contributed by atoms with Crippen LogP contribution in [0.4, 0.5) is 16.2 Å². The molecule has 0 atom stereocenters. The van der Waals surface area contributed by atoms with Gasteiger partial charge < -0.3 is 11.5 Å². The zero-order valence-electron chi connectivity index (χ0n) is 9.66. The minimum absolute atomic E-state index is 0.0288. The smallest absolute Gasteiger partial charge is 0.222 e. The molecule has 0 spiro atoms. The van der Waals surface area contributed by atoms with Crippen LogP contribution in [0.25, 0.3) is 11.3 Å². The van der Waals surface area contributed by atoms with Gasteiger partial charge in [0.1, 0.15) is 5.69 Å². The quantitative estimate of drug-likeness (QED) is 0.788. The van der Waals surface area contributed by atoms with Gasteiger partial charge in [0, 0.05) is 5.56 Å². The molecule has 0 fully saturated rings. The first-order valence-electron chi connectivity index (χ1n) is 5.15. The van der Waals surface area contributed by atoms with Crippen molar-refractivity contribution in [3.63, 3.8) is 0 Å². The van der Waals surface area contributed by atoms with Crippen molar-refractivity contribution in [1.82, 2.24) is 9.97 Å². The lowest BCUT2D eigenvalue weighted by Gasteiger charge is -2.09. The van der Waals surface area contributed by atoms with E-state index in [0.29, 0.717) is 5.56 Å². The summed E-state index contributed by atoms with van der Waals surface area (Å²) in [6, 6.07) is 5.63. The number of nitrogens with two attached hydrogens (primary N) is 2. The average molecular weight is 232 g/mol. The van der Waals surface area contributed by atoms with Gasteiger partial charge in [-0.05, 0) is 19.4 Å². The Balaban J connectivity index is 2.68. The Morgan fingerprint density at radius 2 is 1.82 bits per heavy atom. The van der Waals surface area contributed by atoms with Gasteiger partial charge in [-0.25, -0.2) is 9.37 Å². The van der Waals surface area contributed by atoms with Crippen molar-refractivity contribution >= 4 is 11.8 Å². The molecule has 1 aromatic carbocycles. The Kier molecular flexibility index (Phi) is 2.67. The highest BCUT2D eigenvalue weighted by Crippen LogP contribution is 2.27. The van der Waals surface area contributed by atoms with E-state index in [-0.39, 0.29) is 17.5 Å². The van der Waals surface area contributed by atoms with Crippen molar-refractivity contribution in [2.75, 3.05) is 11.5 Å². The van der Waals surface area contributed by atoms with Gasteiger partial charge in [0.2, 0.25) is 5.95 Å². The molecule has 17 heavy (non-hydrogen) atoms. The molecule has 2 aromatic rings. The minimum Gasteiger partial charge on any atom is -0.381 e. The molecule has 2 rings (SSSR count). The first-order chi connectivity index (χ1) is 7.99. The number of aryl methyl sites for hydroxylation is 2. The fourth-order valence-electron chi connectivity index (χ4n) is 1.74. The molecule has 0 saturated carbocycles. The first kappa shape index (κ1) is 11.3. The van der Waals surface area contributed by atoms with E-state index in [9.17, 15) is 4.39 Å². The maximum Gasteiger partial charge on any atom is 0.222 e. The van der Waals surface area contributed by atoms with Crippen LogP contribution < -0.4 is 11.5 Å². The highest BCUT2D eigenvalue weighted by molar-refractivity contribution is 5.68. The van der Waals surface area contributed by atoms with Crippen LogP contribution in [0, 0.1) is 19.7 Å². The van der Waals surface area contributed by atoms with Crippen molar-refractivity contribution < 1.29 is 4.39 Å². The van der Waals surface area contributed by atoms with Crippen molar-refractivity contribution in [2.45, 2.75) is 13.8 Å². The maximum absolute atomic E-state index is 13.8. The SMILES string of the molecule is Cc1ccc(-c2nc(N)nc(N)c2F)c(C)c1. The van der Waals surface area contributed by atoms with E-state index in [1.54, 1.807) is 6.07 Å². The highest BCUT2D eigenvalue weighted by Gasteiger charge is 2.14. The van der Waals surface area contributed by atoms with E-state index >= 15 is 0 Å². The van der Waals surface area contributed by atoms with Crippen LogP contribution in [0.3, 0.4) is 0 Å². The second kappa shape index (κ2) is 4.01. The van der Waals surface area contributed by atoms with Crippen LogP contribution in [0.1, 0.15) is 11.1 Å². The lowest BCUT2D eigenvalue weighted by Crippen LogP contribution is -2.05. The Hall–Kier alpha value is -2.17. The van der Waals surface area contributed by atoms with Crippen LogP contribution in [0.5, 0.6) is 0 Å². The fraction of sp³-hybridized carbons (Fsp3) is 0.167. The molecule has 4 N–H and O–H groups in total. The van der Waals surface area contributed by atoms with Gasteiger partial charge in [-0.3, -0.25) is 0 Å². The van der Waals surface area contributed by atoms with E-state index in [1.807, 2.05) is 26.0 Å². The topological polar surface area (TPSA) is 77.8 Å². The monoisotopic (exact) mass is 232 g/mol. The highest BCUT2D eigenvalue weighted by atomic mass is 19.1. The van der Waals surface area contributed by atoms with Crippen molar-refractivity contribution in [2.24, 2.45) is 0 Å². The third-order valence-corrected chi connectivity index (χ3v) is 2.53. The van der Waals surface area contributed by atoms with Gasteiger partial charge in [-0.2, -0.15) is 4.98 Å². The molecule has 5 heteroatoms. The number of benzene rings is 1. The zero-order valence-corrected chi connectivity index (χ0v) is 9.66. The first-order valence-corrected chi connectivity index (χ1v) is 5.15. The summed E-state index contributed by atoms with van der Waals surface area (Å²) in [5.41, 5.74) is 13.7. The zero-order chi connectivity index (χ0) is 12.6. The molecule has 1 aromatic heterocycles. The number of hydrogen-bond donors (Lipinski definition) is 2. The summed E-state index contributed by atoms with van der Waals surface area (Å²) >= 11 is 0. The third-order valence-electron chi connectivity index (χ3n) is 2.53. The van der Waals surface area contributed by atoms with Crippen molar-refractivity contribution in [3.8, 4) is 11.3 Å². The van der Waals surface area contributed by atoms with E-state index in [4.69, 9.17) is 11.5 Å². The summed E-state index contributed by atoms with van der Waals surface area (Å²) in [6.45, 7) is 3.85. The second-order valence-corrected chi connectivity index (χ2v) is 3.95. The van der Waals surface area contributed by atoms with Gasteiger partial charge in [0.05, 0.1) is 0 Å². The maximum atomic E-state index is 13.8. The Bertz CT molecular complexity index is 581. The summed E-state index contributed by atoms with van der Waals surface area (Å²) in [6.07, 6.45) is 0. The molecule has 1 heterocycles. The largest absolute Gasteiger partial charge is 0.381 e. The Labute approximate surface area is 98.5 Å². The van der Waals surface area contributed by atoms with E-state index in [2.05, 4.69) is 9.97 Å². The summed E-state index contributed by atoms with van der Waals surface area (Å²) in [5, 5.41) is 0. The summed E-state index contributed by atoms with van der Waals surface area (Å²) in [7, 11) is 0. The van der Waals surface area contributed by atoms with Crippen molar-refractivity contribution in [1.29, 1.82) is 0 Å². The molecule has 0 aliphatic rings. The Morgan fingerprint density at radius 3 is 2.47 bits per heavy atom. The molecule has 88 valence electrons. The van der Waals surface area contributed by atoms with E-state index in [0.717, 1.165) is 11.1 Å². The van der Waals surface area contributed by atoms with Gasteiger partial charge in [-0.1, -0.05) is 23.8 Å². The van der Waals surface area contributed by atoms with Crippen LogP contribution in [-0.4, -0.2) is 9.97 Å². The number of anilines is 2. The van der Waals surface area contributed by atoms with Gasteiger partial charge in [-0.15, -0.1) is 0 Å². The summed E-state index contributed by atoms with van der Waals surface area (Å²) in [4.78, 5) is 7.48. The standard InChI is InChI=1S/C12H13FN4/c1-6-3-4-8(7(2)5-6)10-9(13)11(14)17-12(15)16-10/h3-5H,1-2H3,(H4,14,15,16,17). The van der Waals surface area contributed by atoms with Crippen molar-refractivity contribution in [3.05, 3.63) is 35.1 Å². The van der Waals surface area contributed by atoms with Crippen LogP contribution in [0.2, 0.25) is 0 Å². The molecule has 0 aliphatic heterocycles. The van der Waals surface area contributed by atoms with Gasteiger partial charge in [0.15, 0.2) is 11.6 Å². The fourth-order valence-corrected chi connectivity index (χ4v) is 1.74. The third kappa shape index (κ3) is 2.04. The van der Waals surface area contributed by atoms with Crippen LogP contribution in [0.15, 0.2) is 18.2 Å². The summed E-state index contributed by atoms with van der Waals surface area (Å²) < 4.78 is 13.8. The molecule has 0 amide bonds. The van der Waals surface area contributed by atoms with E-state index in [1.165, 1.54) is 0 Å². The molecule has 4 nitrogen and oxygen atoms in total. The summed E-state index contributed by atoms with van der Waals surface area (Å²) in [5.74, 6) is -0.891. The number of halogens is 1. The number of hydrogen-bond acceptors (Lipinski definition) is 4. The van der Waals surface area contributed by atoms with Crippen LogP contribution >= 0.6 is 0 Å². The lowest BCUT2D eigenvalue weighted by molar-refractivity contribution is 0.625. The molecule has 0 radical (unpaired) electrons. The van der Waals surface area contributed by atoms with Gasteiger partial charge >= 0.3 is 0 Å². The molecular formula is C12H13FN4. The lowest BCUT2D eigenvalue weighted by atomic mass is 10.0. The Morgan fingerprint density at radius 1 is 1.12 bits per heavy atom. The van der Waals surface area contributed by atoms with Crippen LogP contribution in [-0.2, 0) is 0 Å². The number of rotatable bonds is 1. The second-order valence-electron chi connectivity index (χ2n) is 3.95.